The van der Waals surface area contributed by atoms with Gasteiger partial charge in [0.15, 0.2) is 16.8 Å². The molecular formula is C24H21N3O6S. The number of carbonyl (C=O) groups is 3. The maximum atomic E-state index is 12.9. The number of para-hydroxylation sites is 2. The number of aromatic nitrogens is 2. The van der Waals surface area contributed by atoms with E-state index in [4.69, 9.17) is 13.9 Å². The fourth-order valence-corrected chi connectivity index (χ4v) is 3.84. The van der Waals surface area contributed by atoms with E-state index in [9.17, 15) is 14.4 Å². The Morgan fingerprint density at radius 3 is 2.65 bits per heavy atom. The molecular weight excluding hydrogens is 458 g/mol. The summed E-state index contributed by atoms with van der Waals surface area (Å²) in [7, 11) is 0. The number of esters is 2. The van der Waals surface area contributed by atoms with E-state index in [1.165, 1.54) is 6.92 Å². The monoisotopic (exact) mass is 479 g/mol. The van der Waals surface area contributed by atoms with E-state index in [2.05, 4.69) is 15.3 Å². The molecule has 9 nitrogen and oxygen atoms in total. The van der Waals surface area contributed by atoms with Crippen LogP contribution in [0.25, 0.3) is 22.6 Å². The smallest absolute Gasteiger partial charge is 0.339 e. The van der Waals surface area contributed by atoms with Gasteiger partial charge in [-0.05, 0) is 38.1 Å². The summed E-state index contributed by atoms with van der Waals surface area (Å²) in [5.41, 5.74) is 2.42. The van der Waals surface area contributed by atoms with Crippen LogP contribution >= 0.6 is 11.3 Å². The summed E-state index contributed by atoms with van der Waals surface area (Å²) in [6.45, 7) is 3.46. The molecule has 4 aromatic rings. The summed E-state index contributed by atoms with van der Waals surface area (Å²) in [4.78, 5) is 45.6. The molecule has 1 N–H and O–H groups in total. The maximum absolute atomic E-state index is 12.9. The number of nitrogens with one attached hydrogen (secondary N) is 1. The van der Waals surface area contributed by atoms with Gasteiger partial charge in [0, 0.05) is 5.38 Å². The number of rotatable bonds is 8. The van der Waals surface area contributed by atoms with E-state index in [1.807, 2.05) is 18.2 Å². The van der Waals surface area contributed by atoms with Crippen LogP contribution in [-0.2, 0) is 25.5 Å². The zero-order chi connectivity index (χ0) is 24.1. The maximum Gasteiger partial charge on any atom is 0.339 e. The summed E-state index contributed by atoms with van der Waals surface area (Å²) in [5, 5.41) is 4.54. The van der Waals surface area contributed by atoms with Crippen LogP contribution in [0.5, 0.6) is 0 Å². The van der Waals surface area contributed by atoms with Gasteiger partial charge in [-0.2, -0.15) is 0 Å². The number of thiazole rings is 1. The fourth-order valence-electron chi connectivity index (χ4n) is 3.13. The normalized spacial score (nSPS) is 11.7. The van der Waals surface area contributed by atoms with E-state index >= 15 is 0 Å². The molecule has 2 heterocycles. The minimum atomic E-state index is -1.10. The molecule has 1 unspecified atom stereocenters. The van der Waals surface area contributed by atoms with Gasteiger partial charge in [0.1, 0.15) is 5.52 Å². The lowest BCUT2D eigenvalue weighted by molar-refractivity contribution is -0.142. The summed E-state index contributed by atoms with van der Waals surface area (Å²) in [5.74, 6) is -1.36. The van der Waals surface area contributed by atoms with Crippen molar-refractivity contribution in [3.8, 4) is 11.5 Å². The van der Waals surface area contributed by atoms with Gasteiger partial charge < -0.3 is 13.9 Å². The molecule has 0 saturated heterocycles. The number of hydrogen-bond donors (Lipinski definition) is 1. The number of carbonyl (C=O) groups excluding carboxylic acids is 3. The van der Waals surface area contributed by atoms with Crippen LogP contribution in [-0.4, -0.2) is 40.5 Å². The predicted molar refractivity (Wildman–Crippen MR) is 125 cm³/mol. The van der Waals surface area contributed by atoms with Crippen LogP contribution in [0.1, 0.15) is 29.9 Å². The highest BCUT2D eigenvalue weighted by Crippen LogP contribution is 2.27. The van der Waals surface area contributed by atoms with Gasteiger partial charge in [-0.1, -0.05) is 24.3 Å². The molecule has 0 saturated carbocycles. The van der Waals surface area contributed by atoms with Gasteiger partial charge in [0.2, 0.25) is 5.89 Å². The number of nitrogens with zero attached hydrogens (tertiary/aromatic N) is 2. The Morgan fingerprint density at radius 1 is 1.09 bits per heavy atom. The Morgan fingerprint density at radius 2 is 1.85 bits per heavy atom. The number of fused-ring (bicyclic) bond motifs is 1. The van der Waals surface area contributed by atoms with E-state index in [0.717, 1.165) is 11.3 Å². The van der Waals surface area contributed by atoms with Gasteiger partial charge in [0.25, 0.3) is 5.91 Å². The van der Waals surface area contributed by atoms with E-state index in [-0.39, 0.29) is 24.5 Å². The van der Waals surface area contributed by atoms with Crippen molar-refractivity contribution in [1.29, 1.82) is 0 Å². The molecule has 0 radical (unpaired) electrons. The van der Waals surface area contributed by atoms with Crippen LogP contribution in [0.15, 0.2) is 58.3 Å². The van der Waals surface area contributed by atoms with E-state index in [1.54, 1.807) is 42.6 Å². The third-order valence-corrected chi connectivity index (χ3v) is 5.54. The minimum absolute atomic E-state index is 0.0113. The first-order valence-electron chi connectivity index (χ1n) is 10.5. The third kappa shape index (κ3) is 5.29. The highest BCUT2D eigenvalue weighted by molar-refractivity contribution is 7.13. The first-order chi connectivity index (χ1) is 16.4. The summed E-state index contributed by atoms with van der Waals surface area (Å²) in [6.07, 6.45) is -1.08. The van der Waals surface area contributed by atoms with Crippen molar-refractivity contribution >= 4 is 45.4 Å². The Kier molecular flexibility index (Phi) is 6.98. The zero-order valence-corrected chi connectivity index (χ0v) is 19.3. The number of anilines is 1. The lowest BCUT2D eigenvalue weighted by Gasteiger charge is -2.13. The Bertz CT molecular complexity index is 1310. The second-order valence-corrected chi connectivity index (χ2v) is 8.05. The van der Waals surface area contributed by atoms with Crippen molar-refractivity contribution in [3.63, 3.8) is 0 Å². The average molecular weight is 480 g/mol. The molecule has 174 valence electrons. The number of hydrogen-bond acceptors (Lipinski definition) is 9. The molecule has 10 heteroatoms. The highest BCUT2D eigenvalue weighted by Gasteiger charge is 2.23. The molecule has 34 heavy (non-hydrogen) atoms. The Hall–Kier alpha value is -4.05. The van der Waals surface area contributed by atoms with Gasteiger partial charge in [-0.15, -0.1) is 11.3 Å². The molecule has 0 fully saturated rings. The molecule has 0 aliphatic rings. The van der Waals surface area contributed by atoms with Crippen molar-refractivity contribution in [2.45, 2.75) is 26.4 Å². The highest BCUT2D eigenvalue weighted by atomic mass is 32.1. The molecule has 0 bridgehead atoms. The molecule has 2 aromatic carbocycles. The lowest BCUT2D eigenvalue weighted by Crippen LogP contribution is -2.30. The molecule has 0 aliphatic carbocycles. The van der Waals surface area contributed by atoms with Crippen molar-refractivity contribution in [2.75, 3.05) is 11.9 Å². The van der Waals surface area contributed by atoms with Crippen LogP contribution in [0.2, 0.25) is 0 Å². The minimum Gasteiger partial charge on any atom is -0.466 e. The first-order valence-corrected chi connectivity index (χ1v) is 11.4. The molecule has 1 atom stereocenters. The van der Waals surface area contributed by atoms with Crippen molar-refractivity contribution in [2.24, 2.45) is 0 Å². The molecule has 0 aliphatic heterocycles. The molecule has 1 amide bonds. The zero-order valence-electron chi connectivity index (χ0n) is 18.4. The largest absolute Gasteiger partial charge is 0.466 e. The van der Waals surface area contributed by atoms with Gasteiger partial charge in [-0.3, -0.25) is 14.9 Å². The number of amides is 1. The molecule has 0 spiro atoms. The second kappa shape index (κ2) is 10.3. The van der Waals surface area contributed by atoms with Gasteiger partial charge >= 0.3 is 11.9 Å². The standard InChI is InChI=1S/C24H21N3O6S/c1-3-31-20(28)12-15-13-34-24(25-15)27-21(29)14(2)32-23(30)17-9-5-4-8-16(17)22-26-18-10-6-7-11-19(18)33-22/h4-11,13-14H,3,12H2,1-2H3,(H,25,27,29). The molecule has 2 aromatic heterocycles. The van der Waals surface area contributed by atoms with Crippen LogP contribution in [0.4, 0.5) is 5.13 Å². The van der Waals surface area contributed by atoms with Gasteiger partial charge in [0.05, 0.1) is 29.8 Å². The number of oxazole rings is 1. The van der Waals surface area contributed by atoms with Crippen LogP contribution in [0, 0.1) is 0 Å². The second-order valence-electron chi connectivity index (χ2n) is 7.19. The van der Waals surface area contributed by atoms with E-state index < -0.39 is 23.9 Å². The summed E-state index contributed by atoms with van der Waals surface area (Å²) < 4.78 is 16.1. The number of benzene rings is 2. The van der Waals surface area contributed by atoms with Crippen LogP contribution in [0.3, 0.4) is 0 Å². The Labute approximate surface area is 198 Å². The molecule has 4 rings (SSSR count). The number of ether oxygens (including phenoxy) is 2. The van der Waals surface area contributed by atoms with Crippen molar-refractivity contribution < 1.29 is 28.3 Å². The summed E-state index contributed by atoms with van der Waals surface area (Å²) in [6, 6.07) is 14.0. The van der Waals surface area contributed by atoms with Crippen LogP contribution < -0.4 is 5.32 Å². The van der Waals surface area contributed by atoms with Crippen molar-refractivity contribution in [3.05, 3.63) is 65.2 Å². The van der Waals surface area contributed by atoms with Crippen molar-refractivity contribution in [1.82, 2.24) is 9.97 Å². The Balaban J connectivity index is 1.42. The summed E-state index contributed by atoms with van der Waals surface area (Å²) >= 11 is 1.16. The fraction of sp³-hybridized carbons (Fsp3) is 0.208. The predicted octanol–water partition coefficient (Wildman–Crippen LogP) is 4.24. The van der Waals surface area contributed by atoms with Gasteiger partial charge in [-0.25, -0.2) is 14.8 Å². The first kappa shape index (κ1) is 23.1. The van der Waals surface area contributed by atoms with E-state index in [0.29, 0.717) is 27.5 Å². The third-order valence-electron chi connectivity index (χ3n) is 4.74. The quantitative estimate of drug-likeness (QED) is 0.373. The SMILES string of the molecule is CCOC(=O)Cc1csc(NC(=O)C(C)OC(=O)c2ccccc2-c2nc3ccccc3o2)n1. The topological polar surface area (TPSA) is 121 Å². The average Bonchev–Trinajstić information content (AvgIpc) is 3.45. The lowest BCUT2D eigenvalue weighted by atomic mass is 10.1.